The predicted octanol–water partition coefficient (Wildman–Crippen LogP) is 1.85. The molecule has 0 saturated carbocycles. The Morgan fingerprint density at radius 1 is 1.15 bits per heavy atom. The molecule has 0 radical (unpaired) electrons. The molecule has 1 amide bonds. The van der Waals surface area contributed by atoms with Crippen LogP contribution in [0.15, 0.2) is 36.5 Å². The summed E-state index contributed by atoms with van der Waals surface area (Å²) in [5.41, 5.74) is 3.25. The number of hydrogen-bond donors (Lipinski definition) is 1. The zero-order chi connectivity index (χ0) is 18.8. The molecule has 3 heterocycles. The molecule has 1 aliphatic rings. The van der Waals surface area contributed by atoms with Gasteiger partial charge in [0.25, 0.3) is 5.91 Å². The second-order valence-electron chi connectivity index (χ2n) is 6.75. The Labute approximate surface area is 157 Å². The van der Waals surface area contributed by atoms with Crippen LogP contribution in [0, 0.1) is 0 Å². The highest BCUT2D eigenvalue weighted by atomic mass is 16.1. The first-order chi connectivity index (χ1) is 13.1. The molecule has 1 aliphatic heterocycles. The second-order valence-corrected chi connectivity index (χ2v) is 6.75. The monoisotopic (exact) mass is 365 g/mol. The van der Waals surface area contributed by atoms with Crippen LogP contribution in [0.1, 0.15) is 17.3 Å². The van der Waals surface area contributed by atoms with Crippen LogP contribution in [0.2, 0.25) is 0 Å². The van der Waals surface area contributed by atoms with Crippen LogP contribution in [-0.4, -0.2) is 64.0 Å². The van der Waals surface area contributed by atoms with E-state index in [-0.39, 0.29) is 5.91 Å². The lowest BCUT2D eigenvalue weighted by molar-refractivity contribution is 0.102. The van der Waals surface area contributed by atoms with Crippen molar-refractivity contribution in [1.82, 2.24) is 24.9 Å². The Morgan fingerprint density at radius 3 is 2.67 bits per heavy atom. The maximum Gasteiger partial charge on any atom is 0.256 e. The lowest BCUT2D eigenvalue weighted by Gasteiger charge is -2.33. The van der Waals surface area contributed by atoms with E-state index in [0.717, 1.165) is 43.9 Å². The fourth-order valence-electron chi connectivity index (χ4n) is 3.25. The first kappa shape index (κ1) is 17.4. The zero-order valence-electron chi connectivity index (χ0n) is 15.6. The Kier molecular flexibility index (Phi) is 4.72. The predicted molar refractivity (Wildman–Crippen MR) is 105 cm³/mol. The normalized spacial score (nSPS) is 15.3. The topological polar surface area (TPSA) is 79.2 Å². The van der Waals surface area contributed by atoms with E-state index in [0.29, 0.717) is 16.9 Å². The van der Waals surface area contributed by atoms with Gasteiger partial charge in [-0.25, -0.2) is 9.67 Å². The van der Waals surface area contributed by atoms with Gasteiger partial charge in [-0.1, -0.05) is 5.21 Å². The Hall–Kier alpha value is -3.00. The standard InChI is InChI=1S/C19H23N7O/c1-3-26-17-6-4-14(12-16(17)22-23-26)19(27)21-18-7-5-15(13-20-18)25-10-8-24(2)9-11-25/h4-7,12-13H,3,8-11H2,1-2H3,(H,20,21,27). The maximum absolute atomic E-state index is 12.5. The van der Waals surface area contributed by atoms with Crippen molar-refractivity contribution in [1.29, 1.82) is 0 Å². The maximum atomic E-state index is 12.5. The number of nitrogens with zero attached hydrogens (tertiary/aromatic N) is 6. The summed E-state index contributed by atoms with van der Waals surface area (Å²) >= 11 is 0. The van der Waals surface area contributed by atoms with Gasteiger partial charge in [0.2, 0.25) is 0 Å². The molecule has 0 atom stereocenters. The number of rotatable bonds is 4. The van der Waals surface area contributed by atoms with Crippen molar-refractivity contribution in [2.24, 2.45) is 0 Å². The molecule has 2 aromatic heterocycles. The number of piperazine rings is 1. The number of amides is 1. The SMILES string of the molecule is CCn1nnc2cc(C(=O)Nc3ccc(N4CCN(C)CC4)cn3)ccc21. The zero-order valence-corrected chi connectivity index (χ0v) is 15.6. The van der Waals surface area contributed by atoms with Gasteiger partial charge in [-0.3, -0.25) is 4.79 Å². The van der Waals surface area contributed by atoms with Gasteiger partial charge < -0.3 is 15.1 Å². The van der Waals surface area contributed by atoms with Crippen LogP contribution < -0.4 is 10.2 Å². The van der Waals surface area contributed by atoms with Crippen molar-refractivity contribution >= 4 is 28.4 Å². The van der Waals surface area contributed by atoms with Crippen molar-refractivity contribution in [3.63, 3.8) is 0 Å². The van der Waals surface area contributed by atoms with Crippen LogP contribution in [0.4, 0.5) is 11.5 Å². The van der Waals surface area contributed by atoms with E-state index in [2.05, 4.69) is 37.5 Å². The summed E-state index contributed by atoms with van der Waals surface area (Å²) in [6.45, 7) is 6.82. The highest BCUT2D eigenvalue weighted by Gasteiger charge is 2.15. The number of pyridine rings is 1. The van der Waals surface area contributed by atoms with Gasteiger partial charge in [-0.15, -0.1) is 5.10 Å². The van der Waals surface area contributed by atoms with E-state index in [9.17, 15) is 4.79 Å². The number of anilines is 2. The number of likely N-dealkylation sites (N-methyl/N-ethyl adjacent to an activating group) is 1. The summed E-state index contributed by atoms with van der Waals surface area (Å²) in [6.07, 6.45) is 1.82. The van der Waals surface area contributed by atoms with E-state index >= 15 is 0 Å². The number of hydrogen-bond acceptors (Lipinski definition) is 6. The molecule has 1 fully saturated rings. The van der Waals surface area contributed by atoms with Crippen molar-refractivity contribution in [3.05, 3.63) is 42.1 Å². The Balaban J connectivity index is 1.45. The molecule has 1 aromatic carbocycles. The van der Waals surface area contributed by atoms with Crippen LogP contribution >= 0.6 is 0 Å². The number of carbonyl (C=O) groups excluding carboxylic acids is 1. The molecule has 0 bridgehead atoms. The largest absolute Gasteiger partial charge is 0.368 e. The van der Waals surface area contributed by atoms with Crippen molar-refractivity contribution < 1.29 is 4.79 Å². The summed E-state index contributed by atoms with van der Waals surface area (Å²) in [4.78, 5) is 21.6. The summed E-state index contributed by atoms with van der Waals surface area (Å²) < 4.78 is 1.80. The minimum Gasteiger partial charge on any atom is -0.368 e. The van der Waals surface area contributed by atoms with E-state index in [1.165, 1.54) is 0 Å². The molecular formula is C19H23N7O. The van der Waals surface area contributed by atoms with Crippen molar-refractivity contribution in [3.8, 4) is 0 Å². The lowest BCUT2D eigenvalue weighted by atomic mass is 10.2. The van der Waals surface area contributed by atoms with Crippen molar-refractivity contribution in [2.45, 2.75) is 13.5 Å². The minimum atomic E-state index is -0.206. The number of aryl methyl sites for hydroxylation is 1. The summed E-state index contributed by atoms with van der Waals surface area (Å²) in [6, 6.07) is 9.26. The smallest absolute Gasteiger partial charge is 0.256 e. The van der Waals surface area contributed by atoms with Crippen LogP contribution in [0.3, 0.4) is 0 Å². The van der Waals surface area contributed by atoms with Gasteiger partial charge in [-0.2, -0.15) is 0 Å². The second kappa shape index (κ2) is 7.32. The third kappa shape index (κ3) is 3.61. The fourth-order valence-corrected chi connectivity index (χ4v) is 3.25. The van der Waals surface area contributed by atoms with Gasteiger partial charge in [0, 0.05) is 38.3 Å². The van der Waals surface area contributed by atoms with Gasteiger partial charge in [0.15, 0.2) is 0 Å². The molecule has 27 heavy (non-hydrogen) atoms. The third-order valence-corrected chi connectivity index (χ3v) is 4.93. The first-order valence-electron chi connectivity index (χ1n) is 9.18. The van der Waals surface area contributed by atoms with Crippen LogP contribution in [0.25, 0.3) is 11.0 Å². The highest BCUT2D eigenvalue weighted by molar-refractivity contribution is 6.05. The number of fused-ring (bicyclic) bond motifs is 1. The van der Waals surface area contributed by atoms with Crippen LogP contribution in [-0.2, 0) is 6.54 Å². The molecule has 0 unspecified atom stereocenters. The fraction of sp³-hybridized carbons (Fsp3) is 0.368. The molecule has 0 spiro atoms. The number of nitrogens with one attached hydrogen (secondary N) is 1. The Morgan fingerprint density at radius 2 is 1.96 bits per heavy atom. The number of benzene rings is 1. The average Bonchev–Trinajstić information content (AvgIpc) is 3.11. The lowest BCUT2D eigenvalue weighted by Crippen LogP contribution is -2.44. The molecule has 1 saturated heterocycles. The quantitative estimate of drug-likeness (QED) is 0.760. The van der Waals surface area contributed by atoms with Gasteiger partial charge in [-0.05, 0) is 44.3 Å². The Bertz CT molecular complexity index is 942. The molecule has 8 heteroatoms. The van der Waals surface area contributed by atoms with Gasteiger partial charge >= 0.3 is 0 Å². The minimum absolute atomic E-state index is 0.206. The van der Waals surface area contributed by atoms with Crippen molar-refractivity contribution in [2.75, 3.05) is 43.4 Å². The summed E-state index contributed by atoms with van der Waals surface area (Å²) in [5, 5.41) is 11.0. The molecule has 8 nitrogen and oxygen atoms in total. The van der Waals surface area contributed by atoms with Crippen LogP contribution in [0.5, 0.6) is 0 Å². The average molecular weight is 365 g/mol. The molecular weight excluding hydrogens is 342 g/mol. The highest BCUT2D eigenvalue weighted by Crippen LogP contribution is 2.18. The van der Waals surface area contributed by atoms with E-state index in [1.807, 2.05) is 31.3 Å². The van der Waals surface area contributed by atoms with E-state index in [1.54, 1.807) is 16.8 Å². The third-order valence-electron chi connectivity index (χ3n) is 4.93. The van der Waals surface area contributed by atoms with Gasteiger partial charge in [0.05, 0.1) is 17.4 Å². The first-order valence-corrected chi connectivity index (χ1v) is 9.18. The number of carbonyl (C=O) groups is 1. The molecule has 0 aliphatic carbocycles. The van der Waals surface area contributed by atoms with E-state index in [4.69, 9.17) is 0 Å². The molecule has 3 aromatic rings. The number of aromatic nitrogens is 4. The molecule has 1 N–H and O–H groups in total. The summed E-state index contributed by atoms with van der Waals surface area (Å²) in [5.74, 6) is 0.331. The molecule has 140 valence electrons. The molecule has 4 rings (SSSR count). The van der Waals surface area contributed by atoms with Gasteiger partial charge in [0.1, 0.15) is 11.3 Å². The summed E-state index contributed by atoms with van der Waals surface area (Å²) in [7, 11) is 2.13. The van der Waals surface area contributed by atoms with E-state index < -0.39 is 0 Å².